The molecule has 9 nitrogen and oxygen atoms in total. The molecule has 1 rings (SSSR count). The van der Waals surface area contributed by atoms with Gasteiger partial charge in [-0.05, 0) is 0 Å². The molecule has 0 radical (unpaired) electrons. The summed E-state index contributed by atoms with van der Waals surface area (Å²) in [4.78, 5) is 10.3. The van der Waals surface area contributed by atoms with Gasteiger partial charge in [0.25, 0.3) is 0 Å². The van der Waals surface area contributed by atoms with E-state index in [0.29, 0.717) is 0 Å². The third-order valence-corrected chi connectivity index (χ3v) is 2.29. The molecule has 1 aromatic carbocycles. The van der Waals surface area contributed by atoms with Crippen molar-refractivity contribution in [2.24, 2.45) is 0 Å². The molecule has 9 heteroatoms. The van der Waals surface area contributed by atoms with Gasteiger partial charge in [-0.25, -0.2) is 5.01 Å². The van der Waals surface area contributed by atoms with Gasteiger partial charge in [-0.15, -0.1) is 0 Å². The molecule has 0 aliphatic carbocycles. The highest BCUT2D eigenvalue weighted by Crippen LogP contribution is 2.41. The zero-order chi connectivity index (χ0) is 14.7. The lowest BCUT2D eigenvalue weighted by atomic mass is 10.0. The number of nitrogen functional groups attached to an aromatic ring is 2. The quantitative estimate of drug-likeness (QED) is 0.400. The van der Waals surface area contributed by atoms with Gasteiger partial charge in [0.2, 0.25) is 0 Å². The molecule has 0 heterocycles. The molecule has 98 valence electrons. The van der Waals surface area contributed by atoms with E-state index < -0.39 is 10.6 Å². The minimum absolute atomic E-state index is 0.133. The van der Waals surface area contributed by atoms with Gasteiger partial charge in [-0.1, -0.05) is 0 Å². The van der Waals surface area contributed by atoms with Crippen LogP contribution in [0, 0.1) is 32.8 Å². The maximum Gasteiger partial charge on any atom is 0.319 e. The first-order valence-corrected chi connectivity index (χ1v) is 4.98. The summed E-state index contributed by atoms with van der Waals surface area (Å²) in [6.07, 6.45) is 0. The number of nitro groups is 1. The highest BCUT2D eigenvalue weighted by Gasteiger charge is 2.29. The Morgan fingerprint density at radius 1 is 1.21 bits per heavy atom. The van der Waals surface area contributed by atoms with Crippen LogP contribution in [0.3, 0.4) is 0 Å². The number of hydrogen-bond donors (Lipinski definition) is 3. The first-order chi connectivity index (χ1) is 8.84. The second kappa shape index (κ2) is 5.08. The molecule has 0 aromatic heterocycles. The summed E-state index contributed by atoms with van der Waals surface area (Å²) in [5.41, 5.74) is 12.1. The van der Waals surface area contributed by atoms with Crippen molar-refractivity contribution in [3.8, 4) is 12.1 Å². The molecule has 0 aliphatic heterocycles. The first kappa shape index (κ1) is 14.0. The summed E-state index contributed by atoms with van der Waals surface area (Å²) in [5.74, 6) is 0. The van der Waals surface area contributed by atoms with Crippen molar-refractivity contribution in [2.45, 2.75) is 0 Å². The Morgan fingerprint density at radius 3 is 2.11 bits per heavy atom. The summed E-state index contributed by atoms with van der Waals surface area (Å²) in [6.45, 7) is 0. The van der Waals surface area contributed by atoms with E-state index in [4.69, 9.17) is 22.0 Å². The molecule has 0 amide bonds. The largest absolute Gasteiger partial charge is 0.396 e. The zero-order valence-corrected chi connectivity index (χ0v) is 10.3. The molecule has 0 saturated carbocycles. The smallest absolute Gasteiger partial charge is 0.319 e. The fourth-order valence-electron chi connectivity index (χ4n) is 1.53. The average molecular weight is 261 g/mol. The molecular formula is C10H11N7O2. The van der Waals surface area contributed by atoms with E-state index in [1.807, 2.05) is 0 Å². The van der Waals surface area contributed by atoms with Crippen LogP contribution < -0.4 is 16.9 Å². The maximum absolute atomic E-state index is 11.1. The van der Waals surface area contributed by atoms with Gasteiger partial charge in [0.15, 0.2) is 5.69 Å². The number of nitrogens with two attached hydrogens (primary N) is 2. The van der Waals surface area contributed by atoms with Crippen molar-refractivity contribution < 1.29 is 4.92 Å². The predicted molar refractivity (Wildman–Crippen MR) is 68.7 cm³/mol. The third kappa shape index (κ3) is 2.31. The number of nitro benzene ring substituents is 1. The lowest BCUT2D eigenvalue weighted by molar-refractivity contribution is -0.383. The van der Waals surface area contributed by atoms with Crippen LogP contribution in [0.15, 0.2) is 0 Å². The molecular weight excluding hydrogens is 250 g/mol. The molecule has 0 spiro atoms. The van der Waals surface area contributed by atoms with E-state index in [1.165, 1.54) is 5.01 Å². The number of rotatable bonds is 3. The fourth-order valence-corrected chi connectivity index (χ4v) is 1.53. The van der Waals surface area contributed by atoms with E-state index in [1.54, 1.807) is 26.2 Å². The van der Waals surface area contributed by atoms with E-state index in [0.717, 1.165) is 0 Å². The van der Waals surface area contributed by atoms with Crippen LogP contribution in [0.4, 0.5) is 22.7 Å². The van der Waals surface area contributed by atoms with Crippen LogP contribution in [-0.4, -0.2) is 24.0 Å². The van der Waals surface area contributed by atoms with Gasteiger partial charge in [-0.2, -0.15) is 10.5 Å². The van der Waals surface area contributed by atoms with Crippen LogP contribution in [0.2, 0.25) is 0 Å². The van der Waals surface area contributed by atoms with E-state index in [-0.39, 0.29) is 28.2 Å². The summed E-state index contributed by atoms with van der Waals surface area (Å²) < 4.78 is 0. The normalized spacial score (nSPS) is 9.74. The number of nitrogens with one attached hydrogen (secondary N) is 1. The molecule has 0 bridgehead atoms. The van der Waals surface area contributed by atoms with E-state index >= 15 is 0 Å². The van der Waals surface area contributed by atoms with Crippen LogP contribution in [-0.2, 0) is 0 Å². The minimum atomic E-state index is -0.762. The topological polar surface area (TPSA) is 158 Å². The van der Waals surface area contributed by atoms with Crippen molar-refractivity contribution in [2.75, 3.05) is 31.0 Å². The number of nitrogens with zero attached hydrogens (tertiary/aromatic N) is 4. The summed E-state index contributed by atoms with van der Waals surface area (Å²) >= 11 is 0. The van der Waals surface area contributed by atoms with E-state index in [9.17, 15) is 10.1 Å². The Kier molecular flexibility index (Phi) is 3.75. The van der Waals surface area contributed by atoms with Gasteiger partial charge in [0.05, 0.1) is 10.6 Å². The first-order valence-electron chi connectivity index (χ1n) is 4.98. The lowest BCUT2D eigenvalue weighted by Crippen LogP contribution is -2.22. The second-order valence-electron chi connectivity index (χ2n) is 3.79. The Balaban J connectivity index is 3.83. The highest BCUT2D eigenvalue weighted by atomic mass is 16.6. The zero-order valence-electron chi connectivity index (χ0n) is 10.3. The monoisotopic (exact) mass is 261 g/mol. The molecule has 1 aromatic rings. The lowest BCUT2D eigenvalue weighted by Gasteiger charge is -2.17. The van der Waals surface area contributed by atoms with Gasteiger partial charge in [0.1, 0.15) is 29.0 Å². The van der Waals surface area contributed by atoms with Gasteiger partial charge in [0, 0.05) is 14.1 Å². The highest BCUT2D eigenvalue weighted by molar-refractivity contribution is 5.91. The molecule has 0 aliphatic rings. The molecule has 5 N–H and O–H groups in total. The van der Waals surface area contributed by atoms with Crippen molar-refractivity contribution in [1.82, 2.24) is 5.01 Å². The number of hydrogen-bond acceptors (Lipinski definition) is 8. The standard InChI is InChI=1S/C10H11N7O2/c1-16(2)15-9-6(4-12)7(13)5(3-11)8(14)10(9)17(18)19/h15H,13-14H2,1-2H3. The van der Waals surface area contributed by atoms with Crippen LogP contribution in [0.25, 0.3) is 0 Å². The van der Waals surface area contributed by atoms with Crippen molar-refractivity contribution in [1.29, 1.82) is 10.5 Å². The SMILES string of the molecule is CN(C)Nc1c(C#N)c(N)c(C#N)c(N)c1[N+](=O)[O-]. The van der Waals surface area contributed by atoms with Gasteiger partial charge >= 0.3 is 5.69 Å². The molecule has 0 saturated heterocycles. The molecule has 0 atom stereocenters. The summed E-state index contributed by atoms with van der Waals surface area (Å²) in [5, 5.41) is 30.5. The van der Waals surface area contributed by atoms with Crippen LogP contribution in [0.1, 0.15) is 11.1 Å². The van der Waals surface area contributed by atoms with Crippen molar-refractivity contribution in [3.05, 3.63) is 21.2 Å². The van der Waals surface area contributed by atoms with Gasteiger partial charge < -0.3 is 16.9 Å². The number of benzene rings is 1. The third-order valence-electron chi connectivity index (χ3n) is 2.29. The van der Waals surface area contributed by atoms with Crippen LogP contribution >= 0.6 is 0 Å². The predicted octanol–water partition coefficient (Wildman–Crippen LogP) is 0.391. The van der Waals surface area contributed by atoms with Crippen molar-refractivity contribution >= 4 is 22.7 Å². The van der Waals surface area contributed by atoms with E-state index in [2.05, 4.69) is 5.43 Å². The fraction of sp³-hybridized carbons (Fsp3) is 0.200. The average Bonchev–Trinajstić information content (AvgIpc) is 2.28. The Bertz CT molecular complexity index is 624. The Labute approximate surface area is 108 Å². The minimum Gasteiger partial charge on any atom is -0.396 e. The number of nitriles is 2. The summed E-state index contributed by atoms with van der Waals surface area (Å²) in [7, 11) is 3.16. The summed E-state index contributed by atoms with van der Waals surface area (Å²) in [6, 6.07) is 3.41. The van der Waals surface area contributed by atoms with Gasteiger partial charge in [-0.3, -0.25) is 10.1 Å². The second-order valence-corrected chi connectivity index (χ2v) is 3.79. The number of anilines is 3. The van der Waals surface area contributed by atoms with Crippen LogP contribution in [0.5, 0.6) is 0 Å². The maximum atomic E-state index is 11.1. The van der Waals surface area contributed by atoms with Crippen molar-refractivity contribution in [3.63, 3.8) is 0 Å². The molecule has 19 heavy (non-hydrogen) atoms. The Hall–Kier alpha value is -3.04. The molecule has 0 unspecified atom stereocenters. The number of hydrazine groups is 1. The molecule has 0 fully saturated rings. The Morgan fingerprint density at radius 2 is 1.74 bits per heavy atom.